The lowest BCUT2D eigenvalue weighted by Crippen LogP contribution is -2.65. The number of hydrogen-bond acceptors (Lipinski definition) is 7. The highest BCUT2D eigenvalue weighted by Gasteiger charge is 2.48. The molecule has 29 heavy (non-hydrogen) atoms. The number of amides is 1. The van der Waals surface area contributed by atoms with Gasteiger partial charge in [0, 0.05) is 0 Å². The molecule has 0 aromatic heterocycles. The van der Waals surface area contributed by atoms with Crippen LogP contribution in [0.15, 0.2) is 0 Å². The average molecular weight is 451 g/mol. The molecular weight excluding hydrogens is 416 g/mol. The number of hydrogen-bond donors (Lipinski definition) is 5. The molecule has 5 N–H and O–H groups in total. The molecule has 3 fully saturated rings. The summed E-state index contributed by atoms with van der Waals surface area (Å²) in [7, 11) is 0. The van der Waals surface area contributed by atoms with Crippen LogP contribution in [-0.4, -0.2) is 81.3 Å². The van der Waals surface area contributed by atoms with E-state index in [1.165, 1.54) is 37.4 Å². The Morgan fingerprint density at radius 1 is 1.17 bits per heavy atom. The second-order valence-corrected chi connectivity index (χ2v) is 10.4. The summed E-state index contributed by atoms with van der Waals surface area (Å²) >= 11 is 7.58. The average Bonchev–Trinajstić information content (AvgIpc) is 3.54. The lowest BCUT2D eigenvalue weighted by atomic mass is 9.87. The smallest absolute Gasteiger partial charge is 0.237 e. The van der Waals surface area contributed by atoms with Gasteiger partial charge in [0.05, 0.1) is 17.5 Å². The highest BCUT2D eigenvalue weighted by molar-refractivity contribution is 7.99. The summed E-state index contributed by atoms with van der Waals surface area (Å²) in [6.07, 6.45) is 3.97. The fourth-order valence-electron chi connectivity index (χ4n) is 4.42. The van der Waals surface area contributed by atoms with Crippen LogP contribution in [-0.2, 0) is 9.53 Å². The monoisotopic (exact) mass is 450 g/mol. The second kappa shape index (κ2) is 10.5. The number of thioether (sulfide) groups is 1. The molecule has 3 aliphatic rings. The molecule has 2 heterocycles. The van der Waals surface area contributed by atoms with Crippen LogP contribution in [0.2, 0.25) is 0 Å². The van der Waals surface area contributed by atoms with Gasteiger partial charge in [-0.3, -0.25) is 4.79 Å². The number of alkyl halides is 1. The van der Waals surface area contributed by atoms with Crippen LogP contribution >= 0.6 is 23.4 Å². The fraction of sp³-hybridized carbons (Fsp3) is 0.950. The van der Waals surface area contributed by atoms with Crippen molar-refractivity contribution in [2.24, 2.45) is 11.8 Å². The van der Waals surface area contributed by atoms with Crippen LogP contribution in [0.3, 0.4) is 0 Å². The van der Waals surface area contributed by atoms with Gasteiger partial charge in [-0.2, -0.15) is 0 Å². The Balaban J connectivity index is 1.60. The van der Waals surface area contributed by atoms with Crippen molar-refractivity contribution >= 4 is 29.3 Å². The standard InChI is InChI=1S/C20H35ClN2O5S/c1-10(21)14(18-16(25)15(24)17(26)20(28-18)29-2)23-19(27)13-9-12(7-8-22-13)6-5-11-3-4-11/h10-18,20,22,24-26H,3-9H2,1-2H3,(H,23,27)/t10-,12?,13-,14+,15-,16+,17+,18+,20+/m0/s1. The molecule has 9 atom stereocenters. The van der Waals surface area contributed by atoms with Gasteiger partial charge >= 0.3 is 0 Å². The molecule has 1 aliphatic carbocycles. The van der Waals surface area contributed by atoms with E-state index in [1.807, 2.05) is 0 Å². The maximum Gasteiger partial charge on any atom is 0.237 e. The highest BCUT2D eigenvalue weighted by atomic mass is 35.5. The largest absolute Gasteiger partial charge is 0.388 e. The van der Waals surface area contributed by atoms with Gasteiger partial charge in [-0.15, -0.1) is 23.4 Å². The predicted octanol–water partition coefficient (Wildman–Crippen LogP) is 0.827. The lowest BCUT2D eigenvalue weighted by Gasteiger charge is -2.44. The Morgan fingerprint density at radius 3 is 2.48 bits per heavy atom. The first kappa shape index (κ1) is 23.6. The van der Waals surface area contributed by atoms with Gasteiger partial charge in [-0.05, 0) is 44.4 Å². The van der Waals surface area contributed by atoms with Crippen LogP contribution in [0.1, 0.15) is 45.4 Å². The van der Waals surface area contributed by atoms with Crippen LogP contribution in [0.4, 0.5) is 0 Å². The Hall–Kier alpha value is -0.0900. The molecular formula is C20H35ClN2O5S. The van der Waals surface area contributed by atoms with E-state index >= 15 is 0 Å². The third-order valence-corrected chi connectivity index (χ3v) is 7.63. The molecule has 1 saturated carbocycles. The van der Waals surface area contributed by atoms with Gasteiger partial charge in [0.1, 0.15) is 29.9 Å². The molecule has 1 unspecified atom stereocenters. The number of carbonyl (C=O) groups excluding carboxylic acids is 1. The van der Waals surface area contributed by atoms with Crippen molar-refractivity contribution in [1.29, 1.82) is 0 Å². The van der Waals surface area contributed by atoms with Gasteiger partial charge in [0.2, 0.25) is 5.91 Å². The number of aliphatic hydroxyl groups excluding tert-OH is 3. The van der Waals surface area contributed by atoms with Crippen LogP contribution in [0, 0.1) is 11.8 Å². The Labute approximate surface area is 182 Å². The van der Waals surface area contributed by atoms with Crippen molar-refractivity contribution in [3.63, 3.8) is 0 Å². The minimum atomic E-state index is -1.36. The Morgan fingerprint density at radius 2 is 1.86 bits per heavy atom. The molecule has 7 nitrogen and oxygen atoms in total. The summed E-state index contributed by atoms with van der Waals surface area (Å²) in [5, 5.41) is 36.5. The molecule has 2 saturated heterocycles. The first-order valence-electron chi connectivity index (χ1n) is 10.7. The minimum Gasteiger partial charge on any atom is -0.388 e. The quantitative estimate of drug-likeness (QED) is 0.348. The number of aliphatic hydroxyl groups is 3. The number of carbonyl (C=O) groups is 1. The molecule has 168 valence electrons. The molecule has 0 spiro atoms. The summed E-state index contributed by atoms with van der Waals surface area (Å²) in [6, 6.07) is -0.983. The van der Waals surface area contributed by atoms with Crippen LogP contribution in [0.5, 0.6) is 0 Å². The van der Waals surface area contributed by atoms with Crippen molar-refractivity contribution < 1.29 is 24.9 Å². The number of piperidine rings is 1. The Kier molecular flexibility index (Phi) is 8.52. The maximum absolute atomic E-state index is 13.0. The molecule has 0 aromatic rings. The van der Waals surface area contributed by atoms with E-state index in [2.05, 4.69) is 10.6 Å². The Bertz CT molecular complexity index is 551. The van der Waals surface area contributed by atoms with E-state index in [0.717, 1.165) is 25.3 Å². The van der Waals surface area contributed by atoms with E-state index in [4.69, 9.17) is 16.3 Å². The van der Waals surface area contributed by atoms with Gasteiger partial charge in [-0.25, -0.2) is 0 Å². The van der Waals surface area contributed by atoms with Crippen molar-refractivity contribution in [2.75, 3.05) is 12.8 Å². The lowest BCUT2D eigenvalue weighted by molar-refractivity contribution is -0.205. The van der Waals surface area contributed by atoms with E-state index in [-0.39, 0.29) is 11.9 Å². The zero-order chi connectivity index (χ0) is 21.1. The third kappa shape index (κ3) is 5.99. The molecule has 9 heteroatoms. The predicted molar refractivity (Wildman–Crippen MR) is 114 cm³/mol. The molecule has 0 bridgehead atoms. The topological polar surface area (TPSA) is 111 Å². The second-order valence-electron chi connectivity index (χ2n) is 8.81. The molecule has 1 amide bonds. The van der Waals surface area contributed by atoms with E-state index < -0.39 is 41.3 Å². The summed E-state index contributed by atoms with van der Waals surface area (Å²) in [6.45, 7) is 2.54. The van der Waals surface area contributed by atoms with Crippen molar-refractivity contribution in [2.45, 2.75) is 92.8 Å². The van der Waals surface area contributed by atoms with Crippen molar-refractivity contribution in [3.8, 4) is 0 Å². The molecule has 0 aromatic carbocycles. The first-order valence-corrected chi connectivity index (χ1v) is 12.4. The van der Waals surface area contributed by atoms with Crippen molar-refractivity contribution in [3.05, 3.63) is 0 Å². The number of ether oxygens (including phenoxy) is 1. The zero-order valence-electron chi connectivity index (χ0n) is 17.2. The van der Waals surface area contributed by atoms with Gasteiger partial charge < -0.3 is 30.7 Å². The van der Waals surface area contributed by atoms with E-state index in [1.54, 1.807) is 13.2 Å². The summed E-state index contributed by atoms with van der Waals surface area (Å²) in [5.74, 6) is 1.29. The van der Waals surface area contributed by atoms with Crippen LogP contribution in [0.25, 0.3) is 0 Å². The maximum atomic E-state index is 13.0. The van der Waals surface area contributed by atoms with Gasteiger partial charge in [0.15, 0.2) is 0 Å². The fourth-order valence-corrected chi connectivity index (χ4v) is 5.31. The molecule has 3 rings (SSSR count). The normalized spacial score (nSPS) is 40.3. The third-order valence-electron chi connectivity index (χ3n) is 6.51. The number of halogens is 1. The summed E-state index contributed by atoms with van der Waals surface area (Å²) < 4.78 is 5.82. The van der Waals surface area contributed by atoms with E-state index in [0.29, 0.717) is 5.92 Å². The van der Waals surface area contributed by atoms with Crippen LogP contribution < -0.4 is 10.6 Å². The van der Waals surface area contributed by atoms with Crippen molar-refractivity contribution in [1.82, 2.24) is 10.6 Å². The summed E-state index contributed by atoms with van der Waals surface area (Å²) in [5.41, 5.74) is -0.701. The SMILES string of the molecule is CS[C@H]1O[C@H]([C@H](NC(=O)[C@@H]2CC(CCC3CC3)CCN2)[C@H](C)Cl)[C@H](O)[C@H](O)[C@H]1O. The molecule has 2 aliphatic heterocycles. The summed E-state index contributed by atoms with van der Waals surface area (Å²) in [4.78, 5) is 13.0. The van der Waals surface area contributed by atoms with Gasteiger partial charge in [-0.1, -0.05) is 25.7 Å². The zero-order valence-corrected chi connectivity index (χ0v) is 18.7. The number of rotatable bonds is 8. The highest BCUT2D eigenvalue weighted by Crippen LogP contribution is 2.36. The number of nitrogens with one attached hydrogen (secondary N) is 2. The molecule has 0 radical (unpaired) electrons. The van der Waals surface area contributed by atoms with Gasteiger partial charge in [0.25, 0.3) is 0 Å². The van der Waals surface area contributed by atoms with E-state index in [9.17, 15) is 20.1 Å². The minimum absolute atomic E-state index is 0.157. The first-order chi connectivity index (χ1) is 13.8.